The van der Waals surface area contributed by atoms with Gasteiger partial charge in [-0.05, 0) is 29.8 Å². The Morgan fingerprint density at radius 1 is 1.10 bits per heavy atom. The van der Waals surface area contributed by atoms with Crippen LogP contribution in [0.1, 0.15) is 23.8 Å². The van der Waals surface area contributed by atoms with Crippen LogP contribution in [0.2, 0.25) is 0 Å². The van der Waals surface area contributed by atoms with Gasteiger partial charge >= 0.3 is 0 Å². The summed E-state index contributed by atoms with van der Waals surface area (Å²) in [6.45, 7) is 6.02. The summed E-state index contributed by atoms with van der Waals surface area (Å²) in [5.74, 6) is 0.876. The first kappa shape index (κ1) is 20.2. The number of ether oxygens (including phenoxy) is 1. The molecule has 0 spiro atoms. The summed E-state index contributed by atoms with van der Waals surface area (Å²) in [6, 6.07) is 16.4. The molecule has 1 saturated heterocycles. The maximum Gasteiger partial charge on any atom is 0.246 e. The van der Waals surface area contributed by atoms with E-state index in [9.17, 15) is 4.79 Å². The second-order valence-electron chi connectivity index (χ2n) is 7.58. The normalized spacial score (nSPS) is 14.5. The number of likely N-dealkylation sites (N-methyl/N-ethyl adjacent to an activating group) is 1. The molecule has 0 aliphatic carbocycles. The Balaban J connectivity index is 1.42. The van der Waals surface area contributed by atoms with Gasteiger partial charge in [0.05, 0.1) is 13.2 Å². The van der Waals surface area contributed by atoms with Gasteiger partial charge in [0.15, 0.2) is 0 Å². The van der Waals surface area contributed by atoms with Crippen LogP contribution < -0.4 is 4.90 Å². The van der Waals surface area contributed by atoms with Gasteiger partial charge in [-0.25, -0.2) is 0 Å². The average molecular weight is 405 g/mol. The van der Waals surface area contributed by atoms with Crippen molar-refractivity contribution in [2.45, 2.75) is 19.9 Å². The summed E-state index contributed by atoms with van der Waals surface area (Å²) in [4.78, 5) is 16.7. The number of furan rings is 1. The molecule has 0 radical (unpaired) electrons. The molecule has 2 heterocycles. The minimum Gasteiger partial charge on any atom is -0.460 e. The summed E-state index contributed by atoms with van der Waals surface area (Å²) in [5.41, 5.74) is 4.16. The van der Waals surface area contributed by atoms with E-state index in [1.165, 1.54) is 5.69 Å². The van der Waals surface area contributed by atoms with Crippen LogP contribution in [-0.4, -0.2) is 44.2 Å². The van der Waals surface area contributed by atoms with Crippen LogP contribution in [0.15, 0.2) is 59.0 Å². The lowest BCUT2D eigenvalue weighted by Gasteiger charge is -2.29. The Hall–Kier alpha value is -3.05. The van der Waals surface area contributed by atoms with Crippen LogP contribution in [0, 0.1) is 0 Å². The van der Waals surface area contributed by atoms with Crippen molar-refractivity contribution in [1.82, 2.24) is 4.90 Å². The van der Waals surface area contributed by atoms with Crippen LogP contribution in [0.4, 0.5) is 5.69 Å². The molecule has 1 aromatic heterocycles. The molecule has 5 nitrogen and oxygen atoms in total. The number of hydrogen-bond acceptors (Lipinski definition) is 4. The molecule has 0 N–H and O–H groups in total. The molecule has 2 aromatic carbocycles. The largest absolute Gasteiger partial charge is 0.460 e. The van der Waals surface area contributed by atoms with E-state index in [1.54, 1.807) is 11.0 Å². The lowest BCUT2D eigenvalue weighted by Crippen LogP contribution is -2.36. The Labute approximate surface area is 177 Å². The van der Waals surface area contributed by atoms with E-state index in [0.29, 0.717) is 6.54 Å². The molecule has 5 heteroatoms. The van der Waals surface area contributed by atoms with Gasteiger partial charge in [-0.15, -0.1) is 0 Å². The van der Waals surface area contributed by atoms with E-state index in [-0.39, 0.29) is 5.91 Å². The molecular weight excluding hydrogens is 376 g/mol. The maximum atomic E-state index is 12.7. The number of rotatable bonds is 6. The highest BCUT2D eigenvalue weighted by atomic mass is 16.5. The topological polar surface area (TPSA) is 45.9 Å². The van der Waals surface area contributed by atoms with Crippen molar-refractivity contribution in [1.29, 1.82) is 0 Å². The number of carbonyl (C=O) groups is 1. The van der Waals surface area contributed by atoms with Crippen LogP contribution in [-0.2, 0) is 22.5 Å². The predicted molar refractivity (Wildman–Crippen MR) is 121 cm³/mol. The molecule has 0 bridgehead atoms. The fraction of sp³-hybridized carbons (Fsp3) is 0.320. The van der Waals surface area contributed by atoms with E-state index in [0.717, 1.165) is 60.6 Å². The maximum absolute atomic E-state index is 12.7. The number of amides is 1. The fourth-order valence-corrected chi connectivity index (χ4v) is 3.83. The van der Waals surface area contributed by atoms with Crippen LogP contribution in [0.3, 0.4) is 0 Å². The number of hydrogen-bond donors (Lipinski definition) is 0. The van der Waals surface area contributed by atoms with Crippen molar-refractivity contribution in [3.8, 4) is 0 Å². The number of nitrogens with zero attached hydrogens (tertiary/aromatic N) is 2. The third-order valence-electron chi connectivity index (χ3n) is 5.53. The van der Waals surface area contributed by atoms with Gasteiger partial charge in [0.25, 0.3) is 0 Å². The zero-order chi connectivity index (χ0) is 20.9. The van der Waals surface area contributed by atoms with E-state index in [2.05, 4.69) is 36.1 Å². The summed E-state index contributed by atoms with van der Waals surface area (Å²) in [6.07, 6.45) is 4.30. The first-order valence-corrected chi connectivity index (χ1v) is 10.5. The highest BCUT2D eigenvalue weighted by molar-refractivity contribution is 5.96. The van der Waals surface area contributed by atoms with Gasteiger partial charge in [0.2, 0.25) is 5.91 Å². The van der Waals surface area contributed by atoms with E-state index < -0.39 is 0 Å². The number of anilines is 1. The van der Waals surface area contributed by atoms with Gasteiger partial charge in [0.1, 0.15) is 11.3 Å². The molecule has 0 atom stereocenters. The smallest absolute Gasteiger partial charge is 0.246 e. The van der Waals surface area contributed by atoms with Crippen LogP contribution in [0.5, 0.6) is 0 Å². The first-order valence-electron chi connectivity index (χ1n) is 10.5. The van der Waals surface area contributed by atoms with Crippen LogP contribution >= 0.6 is 0 Å². The molecule has 156 valence electrons. The minimum atomic E-state index is -0.0282. The van der Waals surface area contributed by atoms with E-state index in [4.69, 9.17) is 9.15 Å². The van der Waals surface area contributed by atoms with E-state index >= 15 is 0 Å². The molecule has 0 unspecified atom stereocenters. The summed E-state index contributed by atoms with van der Waals surface area (Å²) < 4.78 is 11.3. The van der Waals surface area contributed by atoms with Gasteiger partial charge in [0, 0.05) is 55.8 Å². The van der Waals surface area contributed by atoms with Gasteiger partial charge in [-0.2, -0.15) is 0 Å². The van der Waals surface area contributed by atoms with E-state index in [1.807, 2.05) is 37.4 Å². The number of benzene rings is 2. The van der Waals surface area contributed by atoms with Crippen molar-refractivity contribution >= 4 is 28.6 Å². The number of fused-ring (bicyclic) bond motifs is 1. The van der Waals surface area contributed by atoms with Crippen molar-refractivity contribution in [3.05, 3.63) is 71.5 Å². The second-order valence-corrected chi connectivity index (χ2v) is 7.58. The lowest BCUT2D eigenvalue weighted by molar-refractivity contribution is -0.125. The van der Waals surface area contributed by atoms with Crippen LogP contribution in [0.25, 0.3) is 17.0 Å². The summed E-state index contributed by atoms with van der Waals surface area (Å²) in [7, 11) is 1.83. The molecule has 4 rings (SSSR count). The quantitative estimate of drug-likeness (QED) is 0.568. The Morgan fingerprint density at radius 2 is 1.83 bits per heavy atom. The molecule has 1 aliphatic rings. The standard InChI is InChI=1S/C25H28N2O3/c1-3-23-22(21-6-4-5-7-24(21)30-23)12-13-25(28)26(2)18-19-8-10-20(11-9-19)27-14-16-29-17-15-27/h4-13H,3,14-18H2,1-2H3/b13-12+. The lowest BCUT2D eigenvalue weighted by atomic mass is 10.1. The third kappa shape index (κ3) is 4.41. The predicted octanol–water partition coefficient (Wildman–Crippen LogP) is 4.50. The van der Waals surface area contributed by atoms with Gasteiger partial charge in [-0.1, -0.05) is 37.3 Å². The molecule has 1 fully saturated rings. The second kappa shape index (κ2) is 9.18. The van der Waals surface area contributed by atoms with Crippen molar-refractivity contribution in [2.75, 3.05) is 38.3 Å². The minimum absolute atomic E-state index is 0.0282. The first-order chi connectivity index (χ1) is 14.7. The number of aryl methyl sites for hydroxylation is 1. The van der Waals surface area contributed by atoms with Crippen molar-refractivity contribution in [3.63, 3.8) is 0 Å². The number of para-hydroxylation sites is 1. The zero-order valence-electron chi connectivity index (χ0n) is 17.6. The average Bonchev–Trinajstić information content (AvgIpc) is 3.16. The molecule has 3 aromatic rings. The number of carbonyl (C=O) groups excluding carboxylic acids is 1. The molecule has 0 saturated carbocycles. The SMILES string of the molecule is CCc1oc2ccccc2c1/C=C/C(=O)N(C)Cc1ccc(N2CCOCC2)cc1. The highest BCUT2D eigenvalue weighted by Crippen LogP contribution is 2.27. The summed E-state index contributed by atoms with van der Waals surface area (Å²) in [5, 5.41) is 1.04. The molecular formula is C25H28N2O3. The van der Waals surface area contributed by atoms with Crippen molar-refractivity contribution in [2.24, 2.45) is 0 Å². The number of morpholine rings is 1. The zero-order valence-corrected chi connectivity index (χ0v) is 17.6. The van der Waals surface area contributed by atoms with Gasteiger partial charge in [-0.3, -0.25) is 4.79 Å². The Morgan fingerprint density at radius 3 is 2.57 bits per heavy atom. The Kier molecular flexibility index (Phi) is 6.19. The summed E-state index contributed by atoms with van der Waals surface area (Å²) >= 11 is 0. The fourth-order valence-electron chi connectivity index (χ4n) is 3.83. The Bertz CT molecular complexity index is 1030. The van der Waals surface area contributed by atoms with Crippen molar-refractivity contribution < 1.29 is 13.9 Å². The molecule has 30 heavy (non-hydrogen) atoms. The molecule has 1 amide bonds. The highest BCUT2D eigenvalue weighted by Gasteiger charge is 2.13. The van der Waals surface area contributed by atoms with Gasteiger partial charge < -0.3 is 19.0 Å². The molecule has 1 aliphatic heterocycles. The third-order valence-corrected chi connectivity index (χ3v) is 5.53. The monoisotopic (exact) mass is 404 g/mol.